The zero-order valence-corrected chi connectivity index (χ0v) is 20.3. The first-order chi connectivity index (χ1) is 16.8. The molecular formula is C27H36F3N3O2. The summed E-state index contributed by atoms with van der Waals surface area (Å²) in [7, 11) is 0. The van der Waals surface area contributed by atoms with Crippen molar-refractivity contribution >= 4 is 11.6 Å². The second kappa shape index (κ2) is 13.5. The summed E-state index contributed by atoms with van der Waals surface area (Å²) in [6, 6.07) is 8.20. The van der Waals surface area contributed by atoms with Crippen molar-refractivity contribution in [2.75, 3.05) is 31.2 Å². The molecule has 1 aromatic carbocycles. The lowest BCUT2D eigenvalue weighted by molar-refractivity contribution is -0.135. The number of benzene rings is 1. The largest absolute Gasteiger partial charge is 0.389 e. The van der Waals surface area contributed by atoms with Crippen LogP contribution in [0.2, 0.25) is 0 Å². The van der Waals surface area contributed by atoms with Crippen LogP contribution >= 0.6 is 0 Å². The third-order valence-electron chi connectivity index (χ3n) is 6.43. The summed E-state index contributed by atoms with van der Waals surface area (Å²) in [4.78, 5) is 18.5. The molecule has 0 aliphatic carbocycles. The van der Waals surface area contributed by atoms with Gasteiger partial charge in [0.05, 0.1) is 19.6 Å². The quantitative estimate of drug-likeness (QED) is 0.358. The minimum Gasteiger partial charge on any atom is -0.378 e. The minimum absolute atomic E-state index is 0.169. The molecule has 3 rings (SSSR count). The van der Waals surface area contributed by atoms with Crippen LogP contribution in [0.3, 0.4) is 0 Å². The molecule has 2 heterocycles. The van der Waals surface area contributed by atoms with Crippen LogP contribution < -0.4 is 10.6 Å². The molecule has 1 fully saturated rings. The lowest BCUT2D eigenvalue weighted by Gasteiger charge is -2.30. The molecule has 2 N–H and O–H groups in total. The van der Waals surface area contributed by atoms with E-state index >= 15 is 0 Å². The second-order valence-electron chi connectivity index (χ2n) is 9.21. The molecule has 8 heteroatoms. The predicted molar refractivity (Wildman–Crippen MR) is 132 cm³/mol. The van der Waals surface area contributed by atoms with E-state index in [2.05, 4.69) is 22.0 Å². The Labute approximate surface area is 205 Å². The Morgan fingerprint density at radius 1 is 1.03 bits per heavy atom. The van der Waals surface area contributed by atoms with Gasteiger partial charge in [0, 0.05) is 43.2 Å². The second-order valence-corrected chi connectivity index (χ2v) is 9.21. The topological polar surface area (TPSA) is 68.5 Å². The van der Waals surface area contributed by atoms with E-state index in [1.807, 2.05) is 18.3 Å². The third kappa shape index (κ3) is 9.17. The van der Waals surface area contributed by atoms with Crippen LogP contribution in [0.4, 0.5) is 18.9 Å². The van der Waals surface area contributed by atoms with E-state index in [4.69, 9.17) is 10.5 Å². The van der Waals surface area contributed by atoms with E-state index in [1.54, 1.807) is 6.20 Å². The molecule has 1 aromatic heterocycles. The summed E-state index contributed by atoms with van der Waals surface area (Å²) in [5, 5.41) is 0. The van der Waals surface area contributed by atoms with E-state index in [-0.39, 0.29) is 18.7 Å². The van der Waals surface area contributed by atoms with Gasteiger partial charge in [-0.1, -0.05) is 38.2 Å². The van der Waals surface area contributed by atoms with Crippen LogP contribution in [0.5, 0.6) is 0 Å². The van der Waals surface area contributed by atoms with E-state index in [1.165, 1.54) is 0 Å². The number of hydrogen-bond acceptors (Lipinski definition) is 4. The molecule has 0 spiro atoms. The number of nitrogens with zero attached hydrogens (tertiary/aromatic N) is 2. The normalized spacial score (nSPS) is 14.3. The van der Waals surface area contributed by atoms with Crippen LogP contribution in [-0.2, 0) is 22.4 Å². The van der Waals surface area contributed by atoms with Crippen LogP contribution in [-0.4, -0.2) is 43.4 Å². The number of unbranched alkanes of at least 4 members (excludes halogenated alkanes) is 6. The average Bonchev–Trinajstić information content (AvgIpc) is 2.83. The van der Waals surface area contributed by atoms with Gasteiger partial charge in [0.15, 0.2) is 0 Å². The van der Waals surface area contributed by atoms with Crippen LogP contribution in [0.1, 0.15) is 62.5 Å². The van der Waals surface area contributed by atoms with E-state index in [9.17, 15) is 18.0 Å². The van der Waals surface area contributed by atoms with Crippen LogP contribution in [0, 0.1) is 0 Å². The number of morpholine rings is 1. The number of rotatable bonds is 13. The van der Waals surface area contributed by atoms with Crippen LogP contribution in [0.25, 0.3) is 11.1 Å². The first-order valence-corrected chi connectivity index (χ1v) is 12.6. The lowest BCUT2D eigenvalue weighted by atomic mass is 9.90. The number of primary amides is 1. The highest BCUT2D eigenvalue weighted by Gasteiger charge is 2.25. The number of pyridine rings is 1. The highest BCUT2D eigenvalue weighted by Crippen LogP contribution is 2.33. The Morgan fingerprint density at radius 3 is 2.34 bits per heavy atom. The maximum Gasteiger partial charge on any atom is 0.389 e. The van der Waals surface area contributed by atoms with Crippen molar-refractivity contribution in [3.05, 3.63) is 47.8 Å². The summed E-state index contributed by atoms with van der Waals surface area (Å²) in [5.41, 5.74) is 10.8. The summed E-state index contributed by atoms with van der Waals surface area (Å²) in [5.74, 6) is -0.366. The first kappa shape index (κ1) is 27.0. The number of hydrogen-bond donors (Lipinski definition) is 1. The van der Waals surface area contributed by atoms with Gasteiger partial charge in [-0.2, -0.15) is 13.2 Å². The minimum atomic E-state index is -4.05. The molecule has 2 aromatic rings. The Hall–Kier alpha value is -2.61. The fraction of sp³-hybridized carbons (Fsp3) is 0.556. The molecule has 35 heavy (non-hydrogen) atoms. The Balaban J connectivity index is 1.68. The number of anilines is 1. The van der Waals surface area contributed by atoms with E-state index in [0.29, 0.717) is 19.6 Å². The fourth-order valence-corrected chi connectivity index (χ4v) is 4.63. The maximum absolute atomic E-state index is 12.2. The summed E-state index contributed by atoms with van der Waals surface area (Å²) in [6.45, 7) is 3.00. The number of halogens is 3. The van der Waals surface area contributed by atoms with Gasteiger partial charge in [0.25, 0.3) is 0 Å². The van der Waals surface area contributed by atoms with Gasteiger partial charge in [-0.15, -0.1) is 0 Å². The molecule has 1 saturated heterocycles. The van der Waals surface area contributed by atoms with Gasteiger partial charge < -0.3 is 15.4 Å². The molecular weight excluding hydrogens is 455 g/mol. The SMILES string of the molecule is NC(=O)Cc1c(CCCCCCCCCC(F)(F)F)cc(N2CCOCC2)cc1-c1cccnc1. The molecule has 0 unspecified atom stereocenters. The highest BCUT2D eigenvalue weighted by atomic mass is 19.4. The summed E-state index contributed by atoms with van der Waals surface area (Å²) < 4.78 is 42.3. The molecule has 1 aliphatic heterocycles. The smallest absolute Gasteiger partial charge is 0.378 e. The number of aryl methyl sites for hydroxylation is 1. The highest BCUT2D eigenvalue weighted by molar-refractivity contribution is 5.83. The molecule has 0 saturated carbocycles. The van der Waals surface area contributed by atoms with Crippen molar-refractivity contribution in [1.82, 2.24) is 4.98 Å². The van der Waals surface area contributed by atoms with E-state index < -0.39 is 12.6 Å². The van der Waals surface area contributed by atoms with Crippen molar-refractivity contribution in [2.45, 2.75) is 70.4 Å². The Bertz CT molecular complexity index is 929. The average molecular weight is 492 g/mol. The van der Waals surface area contributed by atoms with Crippen LogP contribution in [0.15, 0.2) is 36.7 Å². The standard InChI is InChI=1S/C27H36F3N3O2/c28-27(29,30)11-7-5-3-1-2-4-6-9-21-17-23(33-13-15-35-16-14-33)18-24(25(21)19-26(31)34)22-10-8-12-32-20-22/h8,10,12,17-18,20H,1-7,9,11,13-16,19H2,(H2,31,34). The summed E-state index contributed by atoms with van der Waals surface area (Å²) >= 11 is 0. The van der Waals surface area contributed by atoms with Crippen molar-refractivity contribution < 1.29 is 22.7 Å². The first-order valence-electron chi connectivity index (χ1n) is 12.6. The number of carbonyl (C=O) groups excluding carboxylic acids is 1. The van der Waals surface area contributed by atoms with Crippen molar-refractivity contribution in [3.8, 4) is 11.1 Å². The van der Waals surface area contributed by atoms with Gasteiger partial charge in [-0.3, -0.25) is 9.78 Å². The number of nitrogens with two attached hydrogens (primary N) is 1. The predicted octanol–water partition coefficient (Wildman–Crippen LogP) is 5.84. The number of carbonyl (C=O) groups is 1. The van der Waals surface area contributed by atoms with Gasteiger partial charge >= 0.3 is 6.18 Å². The van der Waals surface area contributed by atoms with Gasteiger partial charge in [0.2, 0.25) is 5.91 Å². The van der Waals surface area contributed by atoms with Gasteiger partial charge in [-0.05, 0) is 54.2 Å². The van der Waals surface area contributed by atoms with Crippen molar-refractivity contribution in [3.63, 3.8) is 0 Å². The van der Waals surface area contributed by atoms with Crippen molar-refractivity contribution in [2.24, 2.45) is 5.73 Å². The van der Waals surface area contributed by atoms with Gasteiger partial charge in [0.1, 0.15) is 0 Å². The molecule has 1 aliphatic rings. The number of ether oxygens (including phenoxy) is 1. The zero-order chi connectivity index (χ0) is 25.1. The third-order valence-corrected chi connectivity index (χ3v) is 6.43. The maximum atomic E-state index is 12.2. The Morgan fingerprint density at radius 2 is 1.71 bits per heavy atom. The zero-order valence-electron chi connectivity index (χ0n) is 20.3. The molecule has 0 radical (unpaired) electrons. The summed E-state index contributed by atoms with van der Waals surface area (Å²) in [6.07, 6.45) is 5.36. The molecule has 0 atom stereocenters. The number of amides is 1. The number of aromatic nitrogens is 1. The Kier molecular flexibility index (Phi) is 10.4. The van der Waals surface area contributed by atoms with E-state index in [0.717, 1.165) is 79.6 Å². The fourth-order valence-electron chi connectivity index (χ4n) is 4.63. The van der Waals surface area contributed by atoms with Gasteiger partial charge in [-0.25, -0.2) is 0 Å². The lowest BCUT2D eigenvalue weighted by Crippen LogP contribution is -2.36. The monoisotopic (exact) mass is 491 g/mol. The van der Waals surface area contributed by atoms with Crippen molar-refractivity contribution in [1.29, 1.82) is 0 Å². The number of alkyl halides is 3. The molecule has 0 bridgehead atoms. The molecule has 1 amide bonds. The molecule has 5 nitrogen and oxygen atoms in total. The molecule has 192 valence electrons.